The first kappa shape index (κ1) is 13.3. The molecule has 1 amide bonds. The number of nitrogens with one attached hydrogen (secondary N) is 2. The number of rotatable bonds is 4. The third-order valence-corrected chi connectivity index (χ3v) is 2.51. The number of carbonyl (C=O) groups is 2. The predicted octanol–water partition coefficient (Wildman–Crippen LogP) is 1.87. The van der Waals surface area contributed by atoms with E-state index in [0.29, 0.717) is 5.69 Å². The fraction of sp³-hybridized carbons (Fsp3) is 0. The number of amides is 1. The highest BCUT2D eigenvalue weighted by molar-refractivity contribution is 6.03. The van der Waals surface area contributed by atoms with Crippen LogP contribution in [-0.2, 0) is 0 Å². The van der Waals surface area contributed by atoms with Gasteiger partial charge in [-0.2, -0.15) is 0 Å². The molecule has 0 aliphatic rings. The Kier molecular flexibility index (Phi) is 3.47. The molecule has 0 aliphatic carbocycles. The smallest absolute Gasteiger partial charge is 0.335 e. The highest BCUT2D eigenvalue weighted by Gasteiger charge is 2.14. The summed E-state index contributed by atoms with van der Waals surface area (Å²) in [5, 5.41) is 21.7. The minimum Gasteiger partial charge on any atom is -0.478 e. The number of aromatic amines is 1. The number of aromatic carboxylic acids is 1. The van der Waals surface area contributed by atoms with Crippen LogP contribution in [0.3, 0.4) is 0 Å². The molecule has 0 radical (unpaired) electrons. The molecule has 8 heteroatoms. The second-order valence-electron chi connectivity index (χ2n) is 3.87. The Bertz CT molecular complexity index is 675. The zero-order valence-electron chi connectivity index (χ0n) is 9.99. The summed E-state index contributed by atoms with van der Waals surface area (Å²) in [7, 11) is 0. The van der Waals surface area contributed by atoms with Gasteiger partial charge in [-0.25, -0.2) is 4.79 Å². The van der Waals surface area contributed by atoms with E-state index in [-0.39, 0.29) is 16.9 Å². The average molecular weight is 275 g/mol. The number of carboxylic acids is 1. The van der Waals surface area contributed by atoms with E-state index in [1.807, 2.05) is 0 Å². The molecule has 0 saturated heterocycles. The molecule has 1 aromatic carbocycles. The highest BCUT2D eigenvalue weighted by Crippen LogP contribution is 2.15. The van der Waals surface area contributed by atoms with Crippen molar-refractivity contribution in [2.24, 2.45) is 0 Å². The van der Waals surface area contributed by atoms with Gasteiger partial charge in [0, 0.05) is 11.8 Å². The molecule has 0 atom stereocenters. The molecule has 0 unspecified atom stereocenters. The Morgan fingerprint density at radius 1 is 1.25 bits per heavy atom. The van der Waals surface area contributed by atoms with E-state index in [4.69, 9.17) is 5.11 Å². The van der Waals surface area contributed by atoms with Crippen LogP contribution >= 0.6 is 0 Å². The first-order valence-corrected chi connectivity index (χ1v) is 5.45. The molecule has 102 valence electrons. The van der Waals surface area contributed by atoms with Gasteiger partial charge in [0.05, 0.1) is 16.7 Å². The summed E-state index contributed by atoms with van der Waals surface area (Å²) < 4.78 is 0. The maximum Gasteiger partial charge on any atom is 0.335 e. The van der Waals surface area contributed by atoms with E-state index >= 15 is 0 Å². The van der Waals surface area contributed by atoms with Gasteiger partial charge in [-0.05, 0) is 24.3 Å². The molecule has 3 N–H and O–H groups in total. The molecular formula is C12H9N3O5. The van der Waals surface area contributed by atoms with Crippen LogP contribution in [0.1, 0.15) is 20.8 Å². The lowest BCUT2D eigenvalue weighted by atomic mass is 10.2. The lowest BCUT2D eigenvalue weighted by molar-refractivity contribution is -0.384. The first-order chi connectivity index (χ1) is 9.47. The molecule has 8 nitrogen and oxygen atoms in total. The van der Waals surface area contributed by atoms with Crippen LogP contribution in [0.5, 0.6) is 0 Å². The maximum absolute atomic E-state index is 11.8. The Morgan fingerprint density at radius 2 is 1.90 bits per heavy atom. The number of anilines is 1. The van der Waals surface area contributed by atoms with Gasteiger partial charge in [0.1, 0.15) is 5.69 Å². The second-order valence-corrected chi connectivity index (χ2v) is 3.87. The fourth-order valence-corrected chi connectivity index (χ4v) is 1.51. The minimum atomic E-state index is -1.07. The van der Waals surface area contributed by atoms with Crippen molar-refractivity contribution in [1.82, 2.24) is 4.98 Å². The fourth-order valence-electron chi connectivity index (χ4n) is 1.51. The summed E-state index contributed by atoms with van der Waals surface area (Å²) in [6, 6.07) is 6.66. The van der Waals surface area contributed by atoms with E-state index in [1.54, 1.807) is 0 Å². The number of benzene rings is 1. The van der Waals surface area contributed by atoms with Crippen LogP contribution in [0.2, 0.25) is 0 Å². The summed E-state index contributed by atoms with van der Waals surface area (Å²) >= 11 is 0. The topological polar surface area (TPSA) is 125 Å². The summed E-state index contributed by atoms with van der Waals surface area (Å²) in [4.78, 5) is 34.8. The largest absolute Gasteiger partial charge is 0.478 e. The van der Waals surface area contributed by atoms with Crippen molar-refractivity contribution in [3.63, 3.8) is 0 Å². The Morgan fingerprint density at radius 3 is 2.40 bits per heavy atom. The normalized spacial score (nSPS) is 10.0. The quantitative estimate of drug-likeness (QED) is 0.580. The van der Waals surface area contributed by atoms with Gasteiger partial charge >= 0.3 is 5.97 Å². The number of H-pyrrole nitrogens is 1. The van der Waals surface area contributed by atoms with Gasteiger partial charge in [0.15, 0.2) is 0 Å². The Labute approximate surface area is 112 Å². The van der Waals surface area contributed by atoms with Crippen LogP contribution in [-0.4, -0.2) is 26.9 Å². The van der Waals surface area contributed by atoms with Gasteiger partial charge in [-0.3, -0.25) is 14.9 Å². The lowest BCUT2D eigenvalue weighted by Crippen LogP contribution is -2.12. The van der Waals surface area contributed by atoms with E-state index in [9.17, 15) is 19.7 Å². The van der Waals surface area contributed by atoms with Gasteiger partial charge in [-0.15, -0.1) is 0 Å². The number of nitro groups is 1. The zero-order chi connectivity index (χ0) is 14.7. The highest BCUT2D eigenvalue weighted by atomic mass is 16.6. The van der Waals surface area contributed by atoms with Crippen molar-refractivity contribution < 1.29 is 19.6 Å². The van der Waals surface area contributed by atoms with E-state index in [0.717, 1.165) is 12.3 Å². The maximum atomic E-state index is 11.8. The van der Waals surface area contributed by atoms with Crippen molar-refractivity contribution in [1.29, 1.82) is 0 Å². The van der Waals surface area contributed by atoms with Crippen LogP contribution in [0.4, 0.5) is 11.4 Å². The summed E-state index contributed by atoms with van der Waals surface area (Å²) in [5.41, 5.74) is 0.311. The number of aromatic nitrogens is 1. The van der Waals surface area contributed by atoms with Gasteiger partial charge in [0.25, 0.3) is 11.6 Å². The van der Waals surface area contributed by atoms with Crippen molar-refractivity contribution in [3.05, 3.63) is 57.9 Å². The number of hydrogen-bond acceptors (Lipinski definition) is 4. The molecule has 0 fully saturated rings. The molecule has 2 rings (SSSR count). The third-order valence-electron chi connectivity index (χ3n) is 2.51. The van der Waals surface area contributed by atoms with Crippen molar-refractivity contribution in [2.45, 2.75) is 0 Å². The first-order valence-electron chi connectivity index (χ1n) is 5.45. The number of hydrogen-bond donors (Lipinski definition) is 3. The summed E-state index contributed by atoms with van der Waals surface area (Å²) in [6.45, 7) is 0. The number of carbonyl (C=O) groups excluding carboxylic acids is 1. The van der Waals surface area contributed by atoms with Crippen LogP contribution in [0.25, 0.3) is 0 Å². The number of carboxylic acid groups (broad SMARTS) is 1. The molecular weight excluding hydrogens is 266 g/mol. The Balaban J connectivity index is 2.10. The van der Waals surface area contributed by atoms with Crippen LogP contribution in [0, 0.1) is 10.1 Å². The van der Waals surface area contributed by atoms with Crippen molar-refractivity contribution in [3.8, 4) is 0 Å². The SMILES string of the molecule is O=C(O)c1ccc(NC(=O)c2cc([N+](=O)[O-])c[nH]2)cc1. The third kappa shape index (κ3) is 2.80. The summed E-state index contributed by atoms with van der Waals surface area (Å²) in [6.07, 6.45) is 1.11. The second kappa shape index (κ2) is 5.22. The lowest BCUT2D eigenvalue weighted by Gasteiger charge is -2.03. The zero-order valence-corrected chi connectivity index (χ0v) is 9.99. The summed E-state index contributed by atoms with van der Waals surface area (Å²) in [5.74, 6) is -1.62. The van der Waals surface area contributed by atoms with E-state index in [2.05, 4.69) is 10.3 Å². The van der Waals surface area contributed by atoms with Crippen molar-refractivity contribution in [2.75, 3.05) is 5.32 Å². The molecule has 1 aromatic heterocycles. The van der Waals surface area contributed by atoms with Crippen LogP contribution in [0.15, 0.2) is 36.5 Å². The molecule has 1 heterocycles. The predicted molar refractivity (Wildman–Crippen MR) is 68.8 cm³/mol. The minimum absolute atomic E-state index is 0.0408. The van der Waals surface area contributed by atoms with Crippen LogP contribution < -0.4 is 5.32 Å². The number of nitrogens with zero attached hydrogens (tertiary/aromatic N) is 1. The van der Waals surface area contributed by atoms with Crippen molar-refractivity contribution >= 4 is 23.3 Å². The molecule has 0 bridgehead atoms. The molecule has 0 saturated carbocycles. The molecule has 0 spiro atoms. The molecule has 2 aromatic rings. The van der Waals surface area contributed by atoms with Gasteiger partial charge in [-0.1, -0.05) is 0 Å². The van der Waals surface area contributed by atoms with E-state index < -0.39 is 16.8 Å². The molecule has 0 aliphatic heterocycles. The van der Waals surface area contributed by atoms with Gasteiger partial charge in [0.2, 0.25) is 0 Å². The standard InChI is InChI=1S/C12H9N3O5/c16-11(10-5-9(6-13-10)15(19)20)14-8-3-1-7(2-4-8)12(17)18/h1-6,13H,(H,14,16)(H,17,18). The average Bonchev–Trinajstić information content (AvgIpc) is 2.89. The van der Waals surface area contributed by atoms with Gasteiger partial charge < -0.3 is 15.4 Å². The Hall–Kier alpha value is -3.16. The monoisotopic (exact) mass is 275 g/mol. The van der Waals surface area contributed by atoms with E-state index in [1.165, 1.54) is 24.3 Å². The molecule has 20 heavy (non-hydrogen) atoms.